The number of amides is 1. The first-order valence-corrected chi connectivity index (χ1v) is 9.27. The van der Waals surface area contributed by atoms with E-state index in [9.17, 15) is 4.79 Å². The van der Waals surface area contributed by atoms with Crippen molar-refractivity contribution in [2.24, 2.45) is 5.92 Å². The number of hydrogen-bond acceptors (Lipinski definition) is 5. The van der Waals surface area contributed by atoms with Crippen LogP contribution in [0.3, 0.4) is 0 Å². The van der Waals surface area contributed by atoms with Gasteiger partial charge in [-0.1, -0.05) is 25.7 Å². The summed E-state index contributed by atoms with van der Waals surface area (Å²) < 4.78 is 0. The topological polar surface area (TPSA) is 70.2 Å². The molecule has 2 N–H and O–H groups in total. The molecule has 26 heavy (non-hydrogen) atoms. The molecule has 0 radical (unpaired) electrons. The first-order valence-electron chi connectivity index (χ1n) is 9.27. The molecular weight excluding hydrogens is 326 g/mol. The Bertz CT molecular complexity index is 723. The van der Waals surface area contributed by atoms with Gasteiger partial charge in [0.05, 0.1) is 11.9 Å². The minimum Gasteiger partial charge on any atom is -0.376 e. The number of nitrogens with zero attached hydrogens (tertiary/aromatic N) is 3. The summed E-state index contributed by atoms with van der Waals surface area (Å²) in [7, 11) is 3.93. The van der Waals surface area contributed by atoms with E-state index in [1.807, 2.05) is 49.3 Å². The number of hydrogen-bond donors (Lipinski definition) is 2. The molecule has 1 aromatic heterocycles. The SMILES string of the molecule is CN(C)c1cnnc(Nc2ccc(NC(=O)CCC3CCCC3)cc2)c1. The maximum Gasteiger partial charge on any atom is 0.224 e. The Morgan fingerprint density at radius 1 is 1.15 bits per heavy atom. The second-order valence-electron chi connectivity index (χ2n) is 7.13. The van der Waals surface area contributed by atoms with Crippen molar-refractivity contribution in [3.63, 3.8) is 0 Å². The molecule has 1 aliphatic carbocycles. The van der Waals surface area contributed by atoms with E-state index in [0.717, 1.165) is 29.4 Å². The first-order chi connectivity index (χ1) is 12.6. The number of aromatic nitrogens is 2. The molecular formula is C20H27N5O. The highest BCUT2D eigenvalue weighted by molar-refractivity contribution is 5.90. The van der Waals surface area contributed by atoms with Gasteiger partial charge in [0.25, 0.3) is 0 Å². The summed E-state index contributed by atoms with van der Waals surface area (Å²) in [5.74, 6) is 1.53. The molecule has 3 rings (SSSR count). The number of rotatable bonds is 7. The molecule has 138 valence electrons. The Kier molecular flexibility index (Phi) is 6.04. The summed E-state index contributed by atoms with van der Waals surface area (Å²) in [6.45, 7) is 0. The third-order valence-corrected chi connectivity index (χ3v) is 4.85. The van der Waals surface area contributed by atoms with Crippen LogP contribution >= 0.6 is 0 Å². The largest absolute Gasteiger partial charge is 0.376 e. The van der Waals surface area contributed by atoms with E-state index in [4.69, 9.17) is 0 Å². The van der Waals surface area contributed by atoms with Gasteiger partial charge in [-0.3, -0.25) is 4.79 Å². The van der Waals surface area contributed by atoms with Gasteiger partial charge in [0.1, 0.15) is 0 Å². The lowest BCUT2D eigenvalue weighted by atomic mass is 10.0. The van der Waals surface area contributed by atoms with Gasteiger partial charge in [0.2, 0.25) is 5.91 Å². The van der Waals surface area contributed by atoms with Crippen LogP contribution in [0.5, 0.6) is 0 Å². The van der Waals surface area contributed by atoms with Crippen molar-refractivity contribution < 1.29 is 4.79 Å². The highest BCUT2D eigenvalue weighted by atomic mass is 16.1. The average Bonchev–Trinajstić information content (AvgIpc) is 3.15. The van der Waals surface area contributed by atoms with Crippen molar-refractivity contribution in [2.45, 2.75) is 38.5 Å². The summed E-state index contributed by atoms with van der Waals surface area (Å²) in [5, 5.41) is 14.3. The third-order valence-electron chi connectivity index (χ3n) is 4.85. The summed E-state index contributed by atoms with van der Waals surface area (Å²) >= 11 is 0. The highest BCUT2D eigenvalue weighted by Gasteiger charge is 2.16. The van der Waals surface area contributed by atoms with Gasteiger partial charge in [-0.05, 0) is 36.6 Å². The fourth-order valence-corrected chi connectivity index (χ4v) is 3.30. The van der Waals surface area contributed by atoms with E-state index in [-0.39, 0.29) is 5.91 Å². The Morgan fingerprint density at radius 2 is 1.85 bits per heavy atom. The van der Waals surface area contributed by atoms with Crippen LogP contribution in [0.2, 0.25) is 0 Å². The minimum absolute atomic E-state index is 0.0992. The van der Waals surface area contributed by atoms with E-state index < -0.39 is 0 Å². The lowest BCUT2D eigenvalue weighted by Gasteiger charge is -2.13. The molecule has 0 aliphatic heterocycles. The minimum atomic E-state index is 0.0992. The zero-order valence-electron chi connectivity index (χ0n) is 15.5. The second kappa shape index (κ2) is 8.65. The van der Waals surface area contributed by atoms with Crippen molar-refractivity contribution >= 4 is 28.8 Å². The van der Waals surface area contributed by atoms with Crippen LogP contribution in [0.15, 0.2) is 36.5 Å². The molecule has 6 heteroatoms. The normalized spacial score (nSPS) is 14.2. The molecule has 1 aliphatic rings. The molecule has 0 unspecified atom stereocenters. The molecule has 2 aromatic rings. The summed E-state index contributed by atoms with van der Waals surface area (Å²) in [6.07, 6.45) is 8.54. The molecule has 0 atom stereocenters. The monoisotopic (exact) mass is 353 g/mol. The molecule has 1 saturated carbocycles. The van der Waals surface area contributed by atoms with Gasteiger partial charge in [0.15, 0.2) is 5.82 Å². The summed E-state index contributed by atoms with van der Waals surface area (Å²) in [6, 6.07) is 9.59. The molecule has 0 bridgehead atoms. The Morgan fingerprint density at radius 3 is 2.54 bits per heavy atom. The van der Waals surface area contributed by atoms with E-state index >= 15 is 0 Å². The number of benzene rings is 1. The quantitative estimate of drug-likeness (QED) is 0.781. The van der Waals surface area contributed by atoms with Crippen LogP contribution in [0.25, 0.3) is 0 Å². The van der Waals surface area contributed by atoms with Crippen LogP contribution in [-0.2, 0) is 4.79 Å². The van der Waals surface area contributed by atoms with Crippen LogP contribution in [-0.4, -0.2) is 30.2 Å². The standard InChI is InChI=1S/C20H27N5O/c1-25(2)18-13-19(24-21-14-18)22-16-8-10-17(11-9-16)23-20(26)12-7-15-5-3-4-6-15/h8-11,13-15H,3-7,12H2,1-2H3,(H,22,24)(H,23,26). The van der Waals surface area contributed by atoms with E-state index in [1.165, 1.54) is 25.7 Å². The fourth-order valence-electron chi connectivity index (χ4n) is 3.30. The predicted molar refractivity (Wildman–Crippen MR) is 106 cm³/mol. The Hall–Kier alpha value is -2.63. The fraction of sp³-hybridized carbons (Fsp3) is 0.450. The number of anilines is 4. The molecule has 0 saturated heterocycles. The molecule has 1 aromatic carbocycles. The lowest BCUT2D eigenvalue weighted by molar-refractivity contribution is -0.116. The van der Waals surface area contributed by atoms with Crippen LogP contribution < -0.4 is 15.5 Å². The summed E-state index contributed by atoms with van der Waals surface area (Å²) in [4.78, 5) is 14.1. The van der Waals surface area contributed by atoms with E-state index in [0.29, 0.717) is 12.2 Å². The number of carbonyl (C=O) groups excluding carboxylic acids is 1. The molecule has 1 fully saturated rings. The van der Waals surface area contributed by atoms with Crippen molar-refractivity contribution in [3.05, 3.63) is 36.5 Å². The maximum absolute atomic E-state index is 12.1. The Labute approximate surface area is 155 Å². The van der Waals surface area contributed by atoms with Gasteiger partial charge in [-0.2, -0.15) is 5.10 Å². The number of carbonyl (C=O) groups is 1. The average molecular weight is 353 g/mol. The van der Waals surface area contributed by atoms with Gasteiger partial charge in [-0.15, -0.1) is 5.10 Å². The highest BCUT2D eigenvalue weighted by Crippen LogP contribution is 2.28. The predicted octanol–water partition coefficient (Wildman–Crippen LogP) is 4.20. The van der Waals surface area contributed by atoms with Crippen molar-refractivity contribution in [2.75, 3.05) is 29.6 Å². The lowest BCUT2D eigenvalue weighted by Crippen LogP contribution is -2.12. The smallest absolute Gasteiger partial charge is 0.224 e. The Balaban J connectivity index is 1.51. The van der Waals surface area contributed by atoms with E-state index in [1.54, 1.807) is 6.20 Å². The van der Waals surface area contributed by atoms with Gasteiger partial charge in [-0.25, -0.2) is 0 Å². The molecule has 1 heterocycles. The zero-order valence-corrected chi connectivity index (χ0v) is 15.5. The second-order valence-corrected chi connectivity index (χ2v) is 7.13. The molecule has 0 spiro atoms. The van der Waals surface area contributed by atoms with Gasteiger partial charge in [0, 0.05) is 38.0 Å². The summed E-state index contributed by atoms with van der Waals surface area (Å²) in [5.41, 5.74) is 2.70. The number of nitrogens with one attached hydrogen (secondary N) is 2. The van der Waals surface area contributed by atoms with Crippen LogP contribution in [0.4, 0.5) is 22.9 Å². The van der Waals surface area contributed by atoms with Crippen molar-refractivity contribution in [3.8, 4) is 0 Å². The van der Waals surface area contributed by atoms with E-state index in [2.05, 4.69) is 20.8 Å². The molecule has 6 nitrogen and oxygen atoms in total. The van der Waals surface area contributed by atoms with Crippen LogP contribution in [0, 0.1) is 5.92 Å². The maximum atomic E-state index is 12.1. The van der Waals surface area contributed by atoms with Crippen molar-refractivity contribution in [1.82, 2.24) is 10.2 Å². The third kappa shape index (κ3) is 5.18. The van der Waals surface area contributed by atoms with Crippen molar-refractivity contribution in [1.29, 1.82) is 0 Å². The van der Waals surface area contributed by atoms with Gasteiger partial charge >= 0.3 is 0 Å². The first kappa shape index (κ1) is 18.2. The van der Waals surface area contributed by atoms with Crippen LogP contribution in [0.1, 0.15) is 38.5 Å². The zero-order chi connectivity index (χ0) is 18.4. The van der Waals surface area contributed by atoms with Gasteiger partial charge < -0.3 is 15.5 Å². The molecule has 1 amide bonds.